The second-order valence-corrected chi connectivity index (χ2v) is 5.13. The fraction of sp³-hybridized carbons (Fsp3) is 0.250. The van der Waals surface area contributed by atoms with Crippen LogP contribution in [0, 0.1) is 6.92 Å². The molecule has 110 valence electrons. The lowest BCUT2D eigenvalue weighted by Gasteiger charge is -2.31. The molecular weight excluding hydrogens is 279 g/mol. The highest BCUT2D eigenvalue weighted by molar-refractivity contribution is 5.51. The molecule has 1 aliphatic rings. The monoisotopic (exact) mass is 293 g/mol. The Bertz CT molecular complexity index is 650. The van der Waals surface area contributed by atoms with Crippen LogP contribution in [0.25, 0.3) is 0 Å². The standard InChI is InChI=1S/C16H14F3NO/c1-11-2-7-15-12(8-11)9-20(10-21-15)14-5-3-13(4-6-14)16(17,18)19/h2-8H,9-10H2,1H3. The third-order valence-electron chi connectivity index (χ3n) is 3.51. The first-order valence-electron chi connectivity index (χ1n) is 6.58. The van der Waals surface area contributed by atoms with Crippen molar-refractivity contribution < 1.29 is 17.9 Å². The van der Waals surface area contributed by atoms with E-state index in [1.54, 1.807) is 0 Å². The van der Waals surface area contributed by atoms with Gasteiger partial charge in [0, 0.05) is 17.8 Å². The SMILES string of the molecule is Cc1ccc2c(c1)CN(c1ccc(C(F)(F)F)cc1)CO2. The van der Waals surface area contributed by atoms with Crippen molar-refractivity contribution in [1.29, 1.82) is 0 Å². The van der Waals surface area contributed by atoms with Crippen molar-refractivity contribution in [3.05, 3.63) is 59.2 Å². The minimum Gasteiger partial charge on any atom is -0.473 e. The molecule has 0 atom stereocenters. The molecule has 2 aromatic carbocycles. The highest BCUT2D eigenvalue weighted by Crippen LogP contribution is 2.32. The molecule has 0 aliphatic carbocycles. The Hall–Kier alpha value is -2.17. The van der Waals surface area contributed by atoms with Gasteiger partial charge in [-0.3, -0.25) is 0 Å². The Kier molecular flexibility index (Phi) is 3.27. The predicted molar refractivity (Wildman–Crippen MR) is 74.3 cm³/mol. The van der Waals surface area contributed by atoms with Gasteiger partial charge in [-0.15, -0.1) is 0 Å². The number of benzene rings is 2. The zero-order valence-electron chi connectivity index (χ0n) is 11.4. The normalized spacial score (nSPS) is 14.6. The van der Waals surface area contributed by atoms with Gasteiger partial charge in [0.2, 0.25) is 0 Å². The Morgan fingerprint density at radius 1 is 1.05 bits per heavy atom. The Morgan fingerprint density at radius 2 is 1.76 bits per heavy atom. The predicted octanol–water partition coefficient (Wildman–Crippen LogP) is 4.37. The Labute approximate surface area is 120 Å². The molecule has 0 saturated carbocycles. The van der Waals surface area contributed by atoms with E-state index in [9.17, 15) is 13.2 Å². The van der Waals surface area contributed by atoms with Gasteiger partial charge in [-0.2, -0.15) is 13.2 Å². The summed E-state index contributed by atoms with van der Waals surface area (Å²) in [6.07, 6.45) is -4.30. The largest absolute Gasteiger partial charge is 0.473 e. The van der Waals surface area contributed by atoms with Gasteiger partial charge < -0.3 is 9.64 Å². The number of fused-ring (bicyclic) bond motifs is 1. The number of halogens is 3. The molecular formula is C16H14F3NO. The summed E-state index contributed by atoms with van der Waals surface area (Å²) in [7, 11) is 0. The number of aryl methyl sites for hydroxylation is 1. The minimum absolute atomic E-state index is 0.335. The quantitative estimate of drug-likeness (QED) is 0.774. The number of alkyl halides is 3. The molecule has 3 rings (SSSR count). The summed E-state index contributed by atoms with van der Waals surface area (Å²) in [6, 6.07) is 11.1. The van der Waals surface area contributed by atoms with Crippen molar-refractivity contribution in [2.75, 3.05) is 11.6 Å². The van der Waals surface area contributed by atoms with E-state index in [1.165, 1.54) is 12.1 Å². The summed E-state index contributed by atoms with van der Waals surface area (Å²) in [5, 5.41) is 0. The summed E-state index contributed by atoms with van der Waals surface area (Å²) < 4.78 is 43.3. The molecule has 0 radical (unpaired) electrons. The molecule has 0 N–H and O–H groups in total. The lowest BCUT2D eigenvalue weighted by Crippen LogP contribution is -2.31. The van der Waals surface area contributed by atoms with Gasteiger partial charge in [0.15, 0.2) is 6.73 Å². The second-order valence-electron chi connectivity index (χ2n) is 5.13. The van der Waals surface area contributed by atoms with Crippen LogP contribution in [0.3, 0.4) is 0 Å². The van der Waals surface area contributed by atoms with E-state index in [1.807, 2.05) is 30.0 Å². The maximum Gasteiger partial charge on any atom is 0.416 e. The Morgan fingerprint density at radius 3 is 2.43 bits per heavy atom. The van der Waals surface area contributed by atoms with Gasteiger partial charge in [0.05, 0.1) is 5.56 Å². The maximum absolute atomic E-state index is 12.6. The number of anilines is 1. The third-order valence-corrected chi connectivity index (χ3v) is 3.51. The van der Waals surface area contributed by atoms with Gasteiger partial charge in [0.1, 0.15) is 5.75 Å². The lowest BCUT2D eigenvalue weighted by molar-refractivity contribution is -0.137. The smallest absolute Gasteiger partial charge is 0.416 e. The van der Waals surface area contributed by atoms with Crippen molar-refractivity contribution in [3.63, 3.8) is 0 Å². The molecule has 1 heterocycles. The molecule has 2 nitrogen and oxygen atoms in total. The molecule has 0 amide bonds. The van der Waals surface area contributed by atoms with Crippen molar-refractivity contribution >= 4 is 5.69 Å². The number of rotatable bonds is 1. The van der Waals surface area contributed by atoms with E-state index in [0.717, 1.165) is 34.7 Å². The van der Waals surface area contributed by atoms with Crippen molar-refractivity contribution in [3.8, 4) is 5.75 Å². The van der Waals surface area contributed by atoms with E-state index in [2.05, 4.69) is 0 Å². The van der Waals surface area contributed by atoms with Gasteiger partial charge in [-0.1, -0.05) is 17.7 Å². The first kappa shape index (κ1) is 13.8. The van der Waals surface area contributed by atoms with Gasteiger partial charge in [0.25, 0.3) is 0 Å². The lowest BCUT2D eigenvalue weighted by atomic mass is 10.1. The fourth-order valence-corrected chi connectivity index (χ4v) is 2.40. The molecule has 2 aromatic rings. The highest BCUT2D eigenvalue weighted by atomic mass is 19.4. The molecule has 21 heavy (non-hydrogen) atoms. The van der Waals surface area contributed by atoms with E-state index < -0.39 is 11.7 Å². The molecule has 0 aromatic heterocycles. The van der Waals surface area contributed by atoms with Gasteiger partial charge in [-0.05, 0) is 37.3 Å². The highest BCUT2D eigenvalue weighted by Gasteiger charge is 2.30. The molecule has 0 saturated heterocycles. The molecule has 5 heteroatoms. The summed E-state index contributed by atoms with van der Waals surface area (Å²) in [4.78, 5) is 1.90. The van der Waals surface area contributed by atoms with Crippen LogP contribution < -0.4 is 9.64 Å². The van der Waals surface area contributed by atoms with Crippen LogP contribution in [0.2, 0.25) is 0 Å². The fourth-order valence-electron chi connectivity index (χ4n) is 2.40. The van der Waals surface area contributed by atoms with E-state index in [-0.39, 0.29) is 0 Å². The average molecular weight is 293 g/mol. The van der Waals surface area contributed by atoms with Gasteiger partial charge in [-0.25, -0.2) is 0 Å². The van der Waals surface area contributed by atoms with Crippen LogP contribution in [0.15, 0.2) is 42.5 Å². The summed E-state index contributed by atoms with van der Waals surface area (Å²) >= 11 is 0. The van der Waals surface area contributed by atoms with Crippen LogP contribution in [-0.2, 0) is 12.7 Å². The number of ether oxygens (including phenoxy) is 1. The zero-order chi connectivity index (χ0) is 15.0. The van der Waals surface area contributed by atoms with Crippen LogP contribution >= 0.6 is 0 Å². The topological polar surface area (TPSA) is 12.5 Å². The van der Waals surface area contributed by atoms with Crippen molar-refractivity contribution in [2.24, 2.45) is 0 Å². The summed E-state index contributed by atoms with van der Waals surface area (Å²) in [5.41, 5.74) is 2.25. The van der Waals surface area contributed by atoms with Crippen LogP contribution in [0.1, 0.15) is 16.7 Å². The third kappa shape index (κ3) is 2.82. The molecule has 1 aliphatic heterocycles. The van der Waals surface area contributed by atoms with Crippen molar-refractivity contribution in [1.82, 2.24) is 0 Å². The van der Waals surface area contributed by atoms with E-state index in [0.29, 0.717) is 13.3 Å². The van der Waals surface area contributed by atoms with Gasteiger partial charge >= 0.3 is 6.18 Å². The first-order chi connectivity index (χ1) is 9.93. The molecule has 0 bridgehead atoms. The summed E-state index contributed by atoms with van der Waals surface area (Å²) in [5.74, 6) is 0.837. The first-order valence-corrected chi connectivity index (χ1v) is 6.58. The molecule has 0 fully saturated rings. The van der Waals surface area contributed by atoms with E-state index in [4.69, 9.17) is 4.74 Å². The van der Waals surface area contributed by atoms with Crippen LogP contribution in [-0.4, -0.2) is 6.73 Å². The van der Waals surface area contributed by atoms with Crippen LogP contribution in [0.5, 0.6) is 5.75 Å². The zero-order valence-corrected chi connectivity index (χ0v) is 11.4. The maximum atomic E-state index is 12.6. The minimum atomic E-state index is -4.30. The molecule has 0 unspecified atom stereocenters. The number of nitrogens with zero attached hydrogens (tertiary/aromatic N) is 1. The second kappa shape index (κ2) is 4.98. The Balaban J connectivity index is 1.83. The number of hydrogen-bond donors (Lipinski definition) is 0. The molecule has 0 spiro atoms. The average Bonchev–Trinajstić information content (AvgIpc) is 2.45. The number of hydrogen-bond acceptors (Lipinski definition) is 2. The van der Waals surface area contributed by atoms with Crippen molar-refractivity contribution in [2.45, 2.75) is 19.6 Å². The van der Waals surface area contributed by atoms with E-state index >= 15 is 0 Å². The van der Waals surface area contributed by atoms with Crippen LogP contribution in [0.4, 0.5) is 18.9 Å². The summed E-state index contributed by atoms with van der Waals surface area (Å²) in [6.45, 7) is 2.96.